The van der Waals surface area contributed by atoms with Crippen LogP contribution in [0, 0.1) is 33.5 Å². The Kier molecular flexibility index (Phi) is 6.07. The van der Waals surface area contributed by atoms with Crippen LogP contribution in [-0.2, 0) is 0 Å². The molecule has 4 aliphatic carbocycles. The van der Waals surface area contributed by atoms with Crippen LogP contribution in [0.4, 0.5) is 0 Å². The number of unbranched alkanes of at least 4 members (excludes halogenated alkanes) is 5. The lowest BCUT2D eigenvalue weighted by atomic mass is 9.70. The van der Waals surface area contributed by atoms with Crippen LogP contribution >= 0.6 is 7.92 Å². The third kappa shape index (κ3) is 3.23. The van der Waals surface area contributed by atoms with Gasteiger partial charge in [-0.1, -0.05) is 88.5 Å². The van der Waals surface area contributed by atoms with Crippen molar-refractivity contribution in [2.24, 2.45) is 33.5 Å². The molecule has 0 aromatic carbocycles. The summed E-state index contributed by atoms with van der Waals surface area (Å²) in [4.78, 5) is 0. The first-order chi connectivity index (χ1) is 13.6. The summed E-state index contributed by atoms with van der Waals surface area (Å²) in [5.74, 6) is 2.04. The summed E-state index contributed by atoms with van der Waals surface area (Å²) in [6, 6.07) is 0. The maximum atomic E-state index is 2.74. The lowest BCUT2D eigenvalue weighted by Crippen LogP contribution is -2.41. The van der Waals surface area contributed by atoms with E-state index in [9.17, 15) is 0 Å². The van der Waals surface area contributed by atoms with Crippen molar-refractivity contribution < 1.29 is 0 Å². The molecule has 0 aliphatic heterocycles. The SMILES string of the molecule is CCCCCCCCP(C1CC2CCC1(C)C2(C)C)C1CC2CCC1(C)C2(C)C. The van der Waals surface area contributed by atoms with Gasteiger partial charge >= 0.3 is 0 Å². The highest BCUT2D eigenvalue weighted by Crippen LogP contribution is 2.79. The summed E-state index contributed by atoms with van der Waals surface area (Å²) in [5, 5.41) is 0. The number of rotatable bonds is 9. The molecule has 0 aromatic heterocycles. The van der Waals surface area contributed by atoms with Gasteiger partial charge in [0, 0.05) is 0 Å². The molecule has 0 aromatic rings. The minimum Gasteiger partial charge on any atom is -0.0992 e. The Hall–Kier alpha value is 0.430. The molecule has 0 spiro atoms. The minimum absolute atomic E-state index is 0.169. The van der Waals surface area contributed by atoms with Crippen molar-refractivity contribution in [2.45, 2.75) is 137 Å². The van der Waals surface area contributed by atoms with Crippen LogP contribution in [0.3, 0.4) is 0 Å². The van der Waals surface area contributed by atoms with E-state index >= 15 is 0 Å². The van der Waals surface area contributed by atoms with E-state index in [1.54, 1.807) is 19.0 Å². The first kappa shape index (κ1) is 22.6. The molecular weight excluding hydrogens is 367 g/mol. The fraction of sp³-hybridized carbons (Fsp3) is 1.00. The highest BCUT2D eigenvalue weighted by atomic mass is 31.1. The Bertz CT molecular complexity index is 547. The molecule has 0 N–H and O–H groups in total. The van der Waals surface area contributed by atoms with E-state index in [4.69, 9.17) is 0 Å². The van der Waals surface area contributed by atoms with Gasteiger partial charge in [-0.25, -0.2) is 0 Å². The fourth-order valence-electron chi connectivity index (χ4n) is 8.93. The number of hydrogen-bond donors (Lipinski definition) is 0. The predicted octanol–water partition coefficient (Wildman–Crippen LogP) is 9.26. The third-order valence-corrected chi connectivity index (χ3v) is 16.1. The van der Waals surface area contributed by atoms with Crippen LogP contribution in [0.25, 0.3) is 0 Å². The molecule has 0 saturated heterocycles. The molecular formula is C28H51P. The van der Waals surface area contributed by atoms with Crippen molar-refractivity contribution in [3.8, 4) is 0 Å². The molecule has 29 heavy (non-hydrogen) atoms. The molecule has 168 valence electrons. The monoisotopic (exact) mass is 418 g/mol. The van der Waals surface area contributed by atoms with Gasteiger partial charge in [0.25, 0.3) is 0 Å². The molecule has 4 aliphatic rings. The largest absolute Gasteiger partial charge is 0.0992 e. The average Bonchev–Trinajstić information content (AvgIpc) is 3.19. The van der Waals surface area contributed by atoms with Gasteiger partial charge in [-0.3, -0.25) is 0 Å². The lowest BCUT2D eigenvalue weighted by Gasteiger charge is -2.50. The molecule has 1 heteroatoms. The maximum absolute atomic E-state index is 2.74. The van der Waals surface area contributed by atoms with E-state index in [0.29, 0.717) is 21.7 Å². The van der Waals surface area contributed by atoms with Crippen molar-refractivity contribution in [2.75, 3.05) is 6.16 Å². The Morgan fingerprint density at radius 3 is 1.48 bits per heavy atom. The second-order valence-corrected chi connectivity index (χ2v) is 16.0. The molecule has 4 rings (SSSR count). The van der Waals surface area contributed by atoms with E-state index in [0.717, 1.165) is 23.2 Å². The van der Waals surface area contributed by atoms with Crippen molar-refractivity contribution in [3.05, 3.63) is 0 Å². The zero-order valence-electron chi connectivity index (χ0n) is 20.9. The van der Waals surface area contributed by atoms with Gasteiger partial charge in [0.1, 0.15) is 0 Å². The van der Waals surface area contributed by atoms with E-state index in [-0.39, 0.29) is 7.92 Å². The van der Waals surface area contributed by atoms with E-state index in [1.807, 2.05) is 0 Å². The number of hydrogen-bond acceptors (Lipinski definition) is 0. The summed E-state index contributed by atoms with van der Waals surface area (Å²) < 4.78 is 0. The molecule has 6 unspecified atom stereocenters. The Balaban J connectivity index is 1.54. The molecule has 4 fully saturated rings. The van der Waals surface area contributed by atoms with Gasteiger partial charge in [-0.2, -0.15) is 0 Å². The predicted molar refractivity (Wildman–Crippen MR) is 131 cm³/mol. The fourth-order valence-corrected chi connectivity index (χ4v) is 14.0. The molecule has 6 atom stereocenters. The summed E-state index contributed by atoms with van der Waals surface area (Å²) in [6.07, 6.45) is 19.7. The van der Waals surface area contributed by atoms with Crippen LogP contribution in [0.15, 0.2) is 0 Å². The minimum atomic E-state index is 0.169. The second kappa shape index (κ2) is 7.78. The van der Waals surface area contributed by atoms with E-state index in [1.165, 1.54) is 64.2 Å². The van der Waals surface area contributed by atoms with Crippen LogP contribution in [0.5, 0.6) is 0 Å². The Morgan fingerprint density at radius 2 is 1.10 bits per heavy atom. The molecule has 0 heterocycles. The average molecular weight is 419 g/mol. The smallest absolute Gasteiger partial charge is 0.0144 e. The third-order valence-electron chi connectivity index (χ3n) is 12.1. The number of fused-ring (bicyclic) bond motifs is 4. The quantitative estimate of drug-likeness (QED) is 0.258. The summed E-state index contributed by atoms with van der Waals surface area (Å²) >= 11 is 0. The first-order valence-corrected chi connectivity index (χ1v) is 15.0. The van der Waals surface area contributed by atoms with Gasteiger partial charge < -0.3 is 0 Å². The van der Waals surface area contributed by atoms with Crippen LogP contribution < -0.4 is 0 Å². The van der Waals surface area contributed by atoms with Gasteiger partial charge in [0.2, 0.25) is 0 Å². The highest BCUT2D eigenvalue weighted by molar-refractivity contribution is 7.59. The normalized spacial score (nSPS) is 45.2. The second-order valence-electron chi connectivity index (χ2n) is 13.3. The van der Waals surface area contributed by atoms with Gasteiger partial charge in [-0.05, 0) is 95.9 Å². The maximum Gasteiger partial charge on any atom is -0.0144 e. The zero-order chi connectivity index (χ0) is 21.1. The summed E-state index contributed by atoms with van der Waals surface area (Å²) in [7, 11) is 0.169. The Morgan fingerprint density at radius 1 is 0.655 bits per heavy atom. The van der Waals surface area contributed by atoms with Gasteiger partial charge in [0.15, 0.2) is 0 Å². The molecule has 0 radical (unpaired) electrons. The van der Waals surface area contributed by atoms with Gasteiger partial charge in [0.05, 0.1) is 0 Å². The van der Waals surface area contributed by atoms with Crippen LogP contribution in [-0.4, -0.2) is 17.5 Å². The highest BCUT2D eigenvalue weighted by Gasteiger charge is 2.67. The summed E-state index contributed by atoms with van der Waals surface area (Å²) in [5.41, 5.74) is 4.58. The molecule has 4 saturated carbocycles. The molecule has 4 bridgehead atoms. The van der Waals surface area contributed by atoms with Crippen molar-refractivity contribution >= 4 is 7.92 Å². The topological polar surface area (TPSA) is 0 Å². The molecule has 0 nitrogen and oxygen atoms in total. The van der Waals surface area contributed by atoms with E-state index < -0.39 is 0 Å². The van der Waals surface area contributed by atoms with Crippen molar-refractivity contribution in [3.63, 3.8) is 0 Å². The summed E-state index contributed by atoms with van der Waals surface area (Å²) in [6.45, 7) is 18.4. The van der Waals surface area contributed by atoms with E-state index in [2.05, 4.69) is 48.5 Å². The van der Waals surface area contributed by atoms with Crippen LogP contribution in [0.1, 0.15) is 126 Å². The van der Waals surface area contributed by atoms with Gasteiger partial charge in [-0.15, -0.1) is 0 Å². The van der Waals surface area contributed by atoms with Crippen molar-refractivity contribution in [1.29, 1.82) is 0 Å². The molecule has 0 amide bonds. The van der Waals surface area contributed by atoms with Crippen LogP contribution in [0.2, 0.25) is 0 Å². The first-order valence-electron chi connectivity index (χ1n) is 13.4. The lowest BCUT2D eigenvalue weighted by molar-refractivity contribution is 0.147. The zero-order valence-corrected chi connectivity index (χ0v) is 21.8. The standard InChI is InChI=1S/C28H51P/c1-8-9-10-11-12-13-18-29(23-19-21-14-16-27(23,6)25(21,2)3)24-20-22-15-17-28(24,7)26(22,4)5/h21-24H,8-20H2,1-7H3. The van der Waals surface area contributed by atoms with Crippen molar-refractivity contribution in [1.82, 2.24) is 0 Å². The Labute approximate surface area is 184 Å².